The Morgan fingerprint density at radius 3 is 2.74 bits per heavy atom. The highest BCUT2D eigenvalue weighted by atomic mass is 32.1. The number of ether oxygens (including phenoxy) is 2. The van der Waals surface area contributed by atoms with Crippen LogP contribution < -0.4 is 10.1 Å². The Hall–Kier alpha value is -2.62. The molecule has 0 bridgehead atoms. The summed E-state index contributed by atoms with van der Waals surface area (Å²) in [5, 5.41) is 4.08. The third-order valence-electron chi connectivity index (χ3n) is 5.78. The van der Waals surface area contributed by atoms with E-state index in [1.807, 2.05) is 31.6 Å². The number of aromatic nitrogens is 4. The van der Waals surface area contributed by atoms with Crippen molar-refractivity contribution in [2.45, 2.75) is 59.1 Å². The molecule has 0 amide bonds. The van der Waals surface area contributed by atoms with Crippen molar-refractivity contribution in [2.24, 2.45) is 0 Å². The zero-order valence-electron chi connectivity index (χ0n) is 20.3. The quantitative estimate of drug-likeness (QED) is 0.372. The maximum Gasteiger partial charge on any atom is 0.317 e. The average molecular weight is 483 g/mol. The molecule has 182 valence electrons. The van der Waals surface area contributed by atoms with Gasteiger partial charge in [-0.05, 0) is 43.9 Å². The van der Waals surface area contributed by atoms with Gasteiger partial charge in [-0.2, -0.15) is 4.98 Å². The van der Waals surface area contributed by atoms with Crippen LogP contribution in [-0.4, -0.2) is 57.2 Å². The smallest absolute Gasteiger partial charge is 0.317 e. The van der Waals surface area contributed by atoms with Gasteiger partial charge >= 0.3 is 6.01 Å². The summed E-state index contributed by atoms with van der Waals surface area (Å²) in [5.41, 5.74) is 3.04. The molecule has 0 spiro atoms. The van der Waals surface area contributed by atoms with Crippen LogP contribution in [0.1, 0.15) is 50.7 Å². The molecule has 3 aromatic heterocycles. The Bertz CT molecular complexity index is 1040. The van der Waals surface area contributed by atoms with Crippen LogP contribution in [0.15, 0.2) is 30.7 Å². The number of hydrogen-bond donors (Lipinski definition) is 1. The second-order valence-corrected chi connectivity index (χ2v) is 9.73. The van der Waals surface area contributed by atoms with Crippen molar-refractivity contribution < 1.29 is 9.47 Å². The molecular formula is C25H34N6O2S. The number of unbranched alkanes of at least 4 members (excludes halogenated alkanes) is 2. The van der Waals surface area contributed by atoms with Crippen molar-refractivity contribution in [3.05, 3.63) is 41.9 Å². The van der Waals surface area contributed by atoms with Gasteiger partial charge in [0.15, 0.2) is 5.13 Å². The van der Waals surface area contributed by atoms with Crippen molar-refractivity contribution in [1.29, 1.82) is 0 Å². The second-order valence-electron chi connectivity index (χ2n) is 8.70. The van der Waals surface area contributed by atoms with Crippen molar-refractivity contribution >= 4 is 22.3 Å². The van der Waals surface area contributed by atoms with Gasteiger partial charge in [0.1, 0.15) is 5.82 Å². The lowest BCUT2D eigenvalue weighted by atomic mass is 10.1. The standard InChI is InChI=1S/C25H34N6O2S/c1-4-5-6-7-19(3)33-24-27-14-18(2)23(30-24)21-16-28-25(34-21)29-22-9-8-20(15-26-22)17-31-10-12-32-13-11-31/h8-9,14-16,19H,4-7,10-13,17H2,1-3H3,(H,26,28,29). The molecule has 3 aromatic rings. The fourth-order valence-corrected chi connectivity index (χ4v) is 4.69. The van der Waals surface area contributed by atoms with Crippen molar-refractivity contribution in [3.63, 3.8) is 0 Å². The van der Waals surface area contributed by atoms with Gasteiger partial charge in [-0.1, -0.05) is 37.2 Å². The van der Waals surface area contributed by atoms with Gasteiger partial charge in [0.05, 0.1) is 29.9 Å². The number of nitrogens with zero attached hydrogens (tertiary/aromatic N) is 5. The first-order valence-electron chi connectivity index (χ1n) is 12.1. The molecule has 0 radical (unpaired) electrons. The number of thiazole rings is 1. The minimum Gasteiger partial charge on any atom is -0.460 e. The van der Waals surface area contributed by atoms with Gasteiger partial charge in [-0.15, -0.1) is 0 Å². The van der Waals surface area contributed by atoms with Crippen LogP contribution in [-0.2, 0) is 11.3 Å². The molecule has 0 aromatic carbocycles. The van der Waals surface area contributed by atoms with E-state index in [1.54, 1.807) is 11.3 Å². The maximum absolute atomic E-state index is 5.97. The van der Waals surface area contributed by atoms with Gasteiger partial charge in [0, 0.05) is 38.2 Å². The topological polar surface area (TPSA) is 85.3 Å². The predicted molar refractivity (Wildman–Crippen MR) is 136 cm³/mol. The molecule has 9 heteroatoms. The third kappa shape index (κ3) is 6.94. The molecule has 0 saturated carbocycles. The van der Waals surface area contributed by atoms with Crippen LogP contribution in [0.3, 0.4) is 0 Å². The summed E-state index contributed by atoms with van der Waals surface area (Å²) >= 11 is 1.54. The van der Waals surface area contributed by atoms with Crippen LogP contribution >= 0.6 is 11.3 Å². The molecule has 34 heavy (non-hydrogen) atoms. The molecule has 4 rings (SSSR count). The van der Waals surface area contributed by atoms with Gasteiger partial charge < -0.3 is 14.8 Å². The maximum atomic E-state index is 5.97. The van der Waals surface area contributed by atoms with Crippen molar-refractivity contribution in [1.82, 2.24) is 24.8 Å². The molecule has 1 fully saturated rings. The summed E-state index contributed by atoms with van der Waals surface area (Å²) in [5.74, 6) is 0.774. The molecule has 4 heterocycles. The van der Waals surface area contributed by atoms with Crippen LogP contribution in [0.4, 0.5) is 10.9 Å². The Morgan fingerprint density at radius 1 is 1.12 bits per heavy atom. The number of nitrogens with one attached hydrogen (secondary N) is 1. The molecule has 1 unspecified atom stereocenters. The number of morpholine rings is 1. The lowest BCUT2D eigenvalue weighted by Crippen LogP contribution is -2.35. The monoisotopic (exact) mass is 482 g/mol. The highest BCUT2D eigenvalue weighted by Gasteiger charge is 2.14. The summed E-state index contributed by atoms with van der Waals surface area (Å²) in [6, 6.07) is 4.53. The first kappa shape index (κ1) is 24.5. The highest BCUT2D eigenvalue weighted by molar-refractivity contribution is 7.18. The zero-order valence-corrected chi connectivity index (χ0v) is 21.1. The van der Waals surface area contributed by atoms with E-state index in [0.29, 0.717) is 6.01 Å². The number of anilines is 2. The third-order valence-corrected chi connectivity index (χ3v) is 6.70. The molecule has 8 nitrogen and oxygen atoms in total. The Kier molecular flexibility index (Phi) is 8.79. The van der Waals surface area contributed by atoms with Gasteiger partial charge in [0.25, 0.3) is 0 Å². The summed E-state index contributed by atoms with van der Waals surface area (Å²) in [6.07, 6.45) is 10.3. The minimum absolute atomic E-state index is 0.0955. The summed E-state index contributed by atoms with van der Waals surface area (Å²) < 4.78 is 11.4. The van der Waals surface area contributed by atoms with E-state index >= 15 is 0 Å². The second kappa shape index (κ2) is 12.2. The molecular weight excluding hydrogens is 448 g/mol. The minimum atomic E-state index is 0.0955. The predicted octanol–water partition coefficient (Wildman–Crippen LogP) is 5.23. The van der Waals surface area contributed by atoms with Gasteiger partial charge in [0.2, 0.25) is 0 Å². The van der Waals surface area contributed by atoms with Gasteiger partial charge in [-0.3, -0.25) is 4.90 Å². The van der Waals surface area contributed by atoms with E-state index in [9.17, 15) is 0 Å². The number of pyridine rings is 1. The average Bonchev–Trinajstić information content (AvgIpc) is 3.31. The van der Waals surface area contributed by atoms with Crippen LogP contribution in [0.25, 0.3) is 10.6 Å². The van der Waals surface area contributed by atoms with E-state index in [-0.39, 0.29) is 6.10 Å². The molecule has 1 saturated heterocycles. The van der Waals surface area contributed by atoms with Crippen LogP contribution in [0.2, 0.25) is 0 Å². The first-order valence-corrected chi connectivity index (χ1v) is 12.9. The van der Waals surface area contributed by atoms with Crippen LogP contribution in [0.5, 0.6) is 6.01 Å². The normalized spacial score (nSPS) is 15.3. The number of rotatable bonds is 11. The molecule has 1 N–H and O–H groups in total. The van der Waals surface area contributed by atoms with Crippen molar-refractivity contribution in [2.75, 3.05) is 31.6 Å². The largest absolute Gasteiger partial charge is 0.460 e. The van der Waals surface area contributed by atoms with Crippen molar-refractivity contribution in [3.8, 4) is 16.6 Å². The fourth-order valence-electron chi connectivity index (χ4n) is 3.81. The molecule has 1 atom stereocenters. The fraction of sp³-hybridized carbons (Fsp3) is 0.520. The number of hydrogen-bond acceptors (Lipinski definition) is 9. The first-order chi connectivity index (χ1) is 16.6. The Labute approximate surface area is 205 Å². The highest BCUT2D eigenvalue weighted by Crippen LogP contribution is 2.32. The number of aryl methyl sites for hydroxylation is 1. The van der Waals surface area contributed by atoms with Crippen LogP contribution in [0, 0.1) is 6.92 Å². The molecule has 1 aliphatic heterocycles. The summed E-state index contributed by atoms with van der Waals surface area (Å²) in [4.78, 5) is 21.5. The van der Waals surface area contributed by atoms with E-state index in [4.69, 9.17) is 9.47 Å². The SMILES string of the molecule is CCCCCC(C)Oc1ncc(C)c(-c2cnc(Nc3ccc(CN4CCOCC4)cn3)s2)n1. The summed E-state index contributed by atoms with van der Waals surface area (Å²) in [6.45, 7) is 10.7. The lowest BCUT2D eigenvalue weighted by Gasteiger charge is -2.26. The van der Waals surface area contributed by atoms with Gasteiger partial charge in [-0.25, -0.2) is 15.0 Å². The van der Waals surface area contributed by atoms with E-state index in [2.05, 4.69) is 50.1 Å². The molecule has 1 aliphatic rings. The van der Waals surface area contributed by atoms with E-state index in [1.165, 1.54) is 18.4 Å². The Balaban J connectivity index is 1.37. The Morgan fingerprint density at radius 2 is 1.97 bits per heavy atom. The lowest BCUT2D eigenvalue weighted by molar-refractivity contribution is 0.0341. The zero-order chi connectivity index (χ0) is 23.8. The van der Waals surface area contributed by atoms with E-state index in [0.717, 1.165) is 72.8 Å². The summed E-state index contributed by atoms with van der Waals surface area (Å²) in [7, 11) is 0. The van der Waals surface area contributed by atoms with E-state index < -0.39 is 0 Å². The molecule has 0 aliphatic carbocycles.